The fourth-order valence-corrected chi connectivity index (χ4v) is 4.95. The normalized spacial score (nSPS) is 18.9. The van der Waals surface area contributed by atoms with Crippen molar-refractivity contribution in [2.75, 3.05) is 18.0 Å². The third-order valence-electron chi connectivity index (χ3n) is 5.23. The van der Waals surface area contributed by atoms with Gasteiger partial charge < -0.3 is 10.2 Å². The number of amides is 2. The summed E-state index contributed by atoms with van der Waals surface area (Å²) in [5.41, 5.74) is 2.49. The van der Waals surface area contributed by atoms with E-state index in [1.165, 1.54) is 0 Å². The van der Waals surface area contributed by atoms with Crippen molar-refractivity contribution < 1.29 is 9.59 Å². The molecular formula is C22H26ClN3O2S. The number of aryl methyl sites for hydroxylation is 1. The lowest BCUT2D eigenvalue weighted by molar-refractivity contribution is -0.129. The number of likely N-dealkylation sites (N-methyl/N-ethyl adjacent to an activating group) is 1. The van der Waals surface area contributed by atoms with Gasteiger partial charge in [0.05, 0.1) is 12.1 Å². The van der Waals surface area contributed by atoms with Gasteiger partial charge in [0.15, 0.2) is 0 Å². The van der Waals surface area contributed by atoms with Crippen molar-refractivity contribution in [3.05, 3.63) is 50.9 Å². The molecule has 1 aromatic heterocycles. The second-order valence-corrected chi connectivity index (χ2v) is 9.02. The maximum absolute atomic E-state index is 13.6. The minimum absolute atomic E-state index is 0.000232. The summed E-state index contributed by atoms with van der Waals surface area (Å²) in [6, 6.07) is 7.46. The van der Waals surface area contributed by atoms with E-state index in [1.54, 1.807) is 23.2 Å². The molecule has 0 bridgehead atoms. The highest BCUT2D eigenvalue weighted by Gasteiger charge is 2.43. The van der Waals surface area contributed by atoms with Gasteiger partial charge >= 0.3 is 0 Å². The van der Waals surface area contributed by atoms with E-state index in [0.29, 0.717) is 18.1 Å². The summed E-state index contributed by atoms with van der Waals surface area (Å²) in [5, 5.41) is 4.32. The fraction of sp³-hybridized carbons (Fsp3) is 0.409. The summed E-state index contributed by atoms with van der Waals surface area (Å²) in [6.07, 6.45) is 0.000232. The van der Waals surface area contributed by atoms with Gasteiger partial charge in [-0.05, 0) is 52.3 Å². The van der Waals surface area contributed by atoms with Crippen LogP contribution in [-0.4, -0.2) is 36.2 Å². The zero-order chi connectivity index (χ0) is 21.3. The predicted octanol–water partition coefficient (Wildman–Crippen LogP) is 4.51. The van der Waals surface area contributed by atoms with Crippen molar-refractivity contribution in [2.45, 2.75) is 46.6 Å². The summed E-state index contributed by atoms with van der Waals surface area (Å²) in [5.74, 6) is -0.338. The number of halogens is 1. The van der Waals surface area contributed by atoms with Gasteiger partial charge in [-0.1, -0.05) is 23.7 Å². The van der Waals surface area contributed by atoms with E-state index >= 15 is 0 Å². The first-order valence-corrected chi connectivity index (χ1v) is 11.0. The van der Waals surface area contributed by atoms with E-state index in [9.17, 15) is 9.59 Å². The zero-order valence-corrected chi connectivity index (χ0v) is 19.0. The van der Waals surface area contributed by atoms with Gasteiger partial charge in [-0.25, -0.2) is 0 Å². The highest BCUT2D eigenvalue weighted by Crippen LogP contribution is 2.41. The van der Waals surface area contributed by atoms with Crippen molar-refractivity contribution in [3.8, 4) is 0 Å². The molecular weight excluding hydrogens is 406 g/mol. The van der Waals surface area contributed by atoms with Crippen molar-refractivity contribution >= 4 is 45.5 Å². The number of benzene rings is 1. The Labute approximate surface area is 180 Å². The fourth-order valence-electron chi connectivity index (χ4n) is 3.60. The minimum Gasteiger partial charge on any atom is -0.356 e. The van der Waals surface area contributed by atoms with Crippen molar-refractivity contribution in [2.24, 2.45) is 4.99 Å². The summed E-state index contributed by atoms with van der Waals surface area (Å²) < 4.78 is 0. The van der Waals surface area contributed by atoms with Crippen LogP contribution in [0.2, 0.25) is 5.02 Å². The highest BCUT2D eigenvalue weighted by atomic mass is 35.5. The molecule has 1 aliphatic rings. The van der Waals surface area contributed by atoms with Crippen LogP contribution in [0.25, 0.3) is 0 Å². The van der Waals surface area contributed by atoms with Crippen LogP contribution in [0.5, 0.6) is 0 Å². The SMILES string of the molecule is CCNC(=O)CC1(C)N=C(c2ccc(Cl)cc2)c2c(sc(C)c2C)N(CC)C1=O. The lowest BCUT2D eigenvalue weighted by Gasteiger charge is -2.28. The van der Waals surface area contributed by atoms with Crippen LogP contribution in [-0.2, 0) is 9.59 Å². The Kier molecular flexibility index (Phi) is 6.15. The first-order chi connectivity index (χ1) is 13.7. The number of anilines is 1. The average molecular weight is 432 g/mol. The highest BCUT2D eigenvalue weighted by molar-refractivity contribution is 7.17. The Bertz CT molecular complexity index is 981. The van der Waals surface area contributed by atoms with Crippen LogP contribution < -0.4 is 10.2 Å². The molecule has 2 amide bonds. The predicted molar refractivity (Wildman–Crippen MR) is 121 cm³/mol. The third kappa shape index (κ3) is 3.96. The molecule has 7 heteroatoms. The number of carbonyl (C=O) groups excluding carboxylic acids is 2. The molecule has 0 saturated carbocycles. The molecule has 1 unspecified atom stereocenters. The molecule has 2 heterocycles. The standard InChI is InChI=1S/C22H26ClN3O2S/c1-6-24-17(27)12-22(5)21(28)26(7-2)20-18(13(3)14(4)29-20)19(25-22)15-8-10-16(23)11-9-15/h8-11H,6-7,12H2,1-5H3,(H,24,27). The van der Waals surface area contributed by atoms with Crippen molar-refractivity contribution in [1.82, 2.24) is 5.32 Å². The van der Waals surface area contributed by atoms with Crippen LogP contribution in [0.4, 0.5) is 5.00 Å². The number of carbonyl (C=O) groups is 2. The van der Waals surface area contributed by atoms with Gasteiger partial charge in [0.1, 0.15) is 10.5 Å². The largest absolute Gasteiger partial charge is 0.356 e. The number of nitrogens with zero attached hydrogens (tertiary/aromatic N) is 2. The molecule has 29 heavy (non-hydrogen) atoms. The van der Waals surface area contributed by atoms with Gasteiger partial charge in [-0.15, -0.1) is 11.3 Å². The Balaban J connectivity index is 2.27. The summed E-state index contributed by atoms with van der Waals surface area (Å²) in [4.78, 5) is 33.9. The third-order valence-corrected chi connectivity index (χ3v) is 6.71. The topological polar surface area (TPSA) is 61.8 Å². The van der Waals surface area contributed by atoms with Crippen LogP contribution in [0.1, 0.15) is 48.8 Å². The molecule has 154 valence electrons. The number of nitrogens with one attached hydrogen (secondary N) is 1. The number of rotatable bonds is 5. The molecule has 0 fully saturated rings. The summed E-state index contributed by atoms with van der Waals surface area (Å²) in [6.45, 7) is 10.7. The van der Waals surface area contributed by atoms with E-state index in [4.69, 9.17) is 16.6 Å². The minimum atomic E-state index is -1.19. The number of aliphatic imine (C=N–C) groups is 1. The van der Waals surface area contributed by atoms with Gasteiger partial charge in [0.2, 0.25) is 5.91 Å². The van der Waals surface area contributed by atoms with E-state index in [0.717, 1.165) is 32.3 Å². The number of hydrogen-bond donors (Lipinski definition) is 1. The maximum Gasteiger partial charge on any atom is 0.255 e. The van der Waals surface area contributed by atoms with Gasteiger partial charge in [-0.2, -0.15) is 0 Å². The van der Waals surface area contributed by atoms with E-state index < -0.39 is 5.54 Å². The average Bonchev–Trinajstić information content (AvgIpc) is 2.91. The Morgan fingerprint density at radius 2 is 1.90 bits per heavy atom. The van der Waals surface area contributed by atoms with Crippen LogP contribution >= 0.6 is 22.9 Å². The smallest absolute Gasteiger partial charge is 0.255 e. The molecule has 0 spiro atoms. The second-order valence-electron chi connectivity index (χ2n) is 7.38. The van der Waals surface area contributed by atoms with Crippen molar-refractivity contribution in [3.63, 3.8) is 0 Å². The Hall–Kier alpha value is -2.18. The molecule has 5 nitrogen and oxygen atoms in total. The van der Waals surface area contributed by atoms with Crippen LogP contribution in [0.3, 0.4) is 0 Å². The number of hydrogen-bond acceptors (Lipinski definition) is 4. The van der Waals surface area contributed by atoms with E-state index in [1.807, 2.05) is 38.1 Å². The van der Waals surface area contributed by atoms with Crippen molar-refractivity contribution in [1.29, 1.82) is 0 Å². The van der Waals surface area contributed by atoms with Gasteiger partial charge in [-0.3, -0.25) is 14.6 Å². The van der Waals surface area contributed by atoms with Gasteiger partial charge in [0.25, 0.3) is 5.91 Å². The molecule has 3 rings (SSSR count). The number of fused-ring (bicyclic) bond motifs is 1. The molecule has 0 radical (unpaired) electrons. The Morgan fingerprint density at radius 1 is 1.24 bits per heavy atom. The maximum atomic E-state index is 13.6. The monoisotopic (exact) mass is 431 g/mol. The van der Waals surface area contributed by atoms with Crippen LogP contribution in [0, 0.1) is 13.8 Å². The lowest BCUT2D eigenvalue weighted by atomic mass is 9.95. The molecule has 1 aliphatic heterocycles. The van der Waals surface area contributed by atoms with E-state index in [-0.39, 0.29) is 18.2 Å². The lowest BCUT2D eigenvalue weighted by Crippen LogP contribution is -2.48. The molecule has 2 aromatic rings. The summed E-state index contributed by atoms with van der Waals surface area (Å²) >= 11 is 7.69. The quantitative estimate of drug-likeness (QED) is 0.757. The summed E-state index contributed by atoms with van der Waals surface area (Å²) in [7, 11) is 0. The molecule has 1 aromatic carbocycles. The first kappa shape index (κ1) is 21.5. The zero-order valence-electron chi connectivity index (χ0n) is 17.4. The molecule has 1 N–H and O–H groups in total. The Morgan fingerprint density at radius 3 is 2.48 bits per heavy atom. The van der Waals surface area contributed by atoms with Crippen LogP contribution in [0.15, 0.2) is 29.3 Å². The molecule has 0 saturated heterocycles. The second kappa shape index (κ2) is 8.28. The van der Waals surface area contributed by atoms with E-state index in [2.05, 4.69) is 19.2 Å². The molecule has 1 atom stereocenters. The number of thiophene rings is 1. The first-order valence-electron chi connectivity index (χ1n) is 9.76. The molecule has 0 aliphatic carbocycles. The van der Waals surface area contributed by atoms with Gasteiger partial charge in [0, 0.05) is 34.1 Å².